The number of hydrogen-bond donors (Lipinski definition) is 1. The summed E-state index contributed by atoms with van der Waals surface area (Å²) in [6, 6.07) is 11.8. The fraction of sp³-hybridized carbons (Fsp3) is 0.0952. The molecule has 0 fully saturated rings. The van der Waals surface area contributed by atoms with Gasteiger partial charge in [-0.25, -0.2) is 21.6 Å². The number of amides is 1. The summed E-state index contributed by atoms with van der Waals surface area (Å²) in [5.74, 6) is -3.90. The number of benzene rings is 3. The van der Waals surface area contributed by atoms with Gasteiger partial charge < -0.3 is 5.32 Å². The van der Waals surface area contributed by atoms with E-state index in [1.165, 1.54) is 36.4 Å². The van der Waals surface area contributed by atoms with Gasteiger partial charge in [0.25, 0.3) is 0 Å². The molecule has 0 heterocycles. The van der Waals surface area contributed by atoms with Gasteiger partial charge >= 0.3 is 0 Å². The number of nitrogens with zero attached hydrogens (tertiary/aromatic N) is 1. The largest absolute Gasteiger partial charge is 0.320 e. The molecule has 1 amide bonds. The maximum atomic E-state index is 14.3. The van der Waals surface area contributed by atoms with Crippen molar-refractivity contribution in [1.82, 2.24) is 4.31 Å². The number of rotatable bonds is 7. The lowest BCUT2D eigenvalue weighted by Crippen LogP contribution is -2.38. The summed E-state index contributed by atoms with van der Waals surface area (Å²) < 4.78 is 69.1. The number of sulfonamides is 1. The summed E-state index contributed by atoms with van der Waals surface area (Å²) in [6.07, 6.45) is 0. The second-order valence-corrected chi connectivity index (χ2v) is 9.35. The van der Waals surface area contributed by atoms with Gasteiger partial charge in [0.2, 0.25) is 15.9 Å². The van der Waals surface area contributed by atoms with Gasteiger partial charge in [-0.05, 0) is 48.5 Å². The SMILES string of the molecule is O=C(CN(Cc1c(F)cccc1Cl)S(=O)(=O)c1ccc(Cl)cc1)Nc1c(F)cccc1F. The van der Waals surface area contributed by atoms with E-state index < -0.39 is 52.2 Å². The lowest BCUT2D eigenvalue weighted by atomic mass is 10.2. The molecule has 11 heteroatoms. The van der Waals surface area contributed by atoms with Crippen molar-refractivity contribution < 1.29 is 26.4 Å². The third-order valence-electron chi connectivity index (χ3n) is 4.39. The van der Waals surface area contributed by atoms with Crippen molar-refractivity contribution in [3.63, 3.8) is 0 Å². The molecule has 3 aromatic carbocycles. The van der Waals surface area contributed by atoms with E-state index >= 15 is 0 Å². The molecule has 0 aliphatic heterocycles. The van der Waals surface area contributed by atoms with Crippen LogP contribution in [0.15, 0.2) is 65.6 Å². The summed E-state index contributed by atoms with van der Waals surface area (Å²) in [5, 5.41) is 2.24. The van der Waals surface area contributed by atoms with E-state index in [0.29, 0.717) is 4.31 Å². The highest BCUT2D eigenvalue weighted by molar-refractivity contribution is 7.89. The van der Waals surface area contributed by atoms with E-state index in [2.05, 4.69) is 0 Å². The van der Waals surface area contributed by atoms with Crippen LogP contribution in [0.4, 0.5) is 18.9 Å². The summed E-state index contributed by atoms with van der Waals surface area (Å²) in [6.45, 7) is -1.48. The predicted molar refractivity (Wildman–Crippen MR) is 115 cm³/mol. The molecule has 168 valence electrons. The zero-order chi connectivity index (χ0) is 23.5. The average molecular weight is 503 g/mol. The molecule has 0 aliphatic rings. The Morgan fingerprint density at radius 3 is 2.03 bits per heavy atom. The van der Waals surface area contributed by atoms with E-state index in [1.54, 1.807) is 0 Å². The van der Waals surface area contributed by atoms with Gasteiger partial charge in [0.05, 0.1) is 11.4 Å². The smallest absolute Gasteiger partial charge is 0.243 e. The second kappa shape index (κ2) is 9.91. The predicted octanol–water partition coefficient (Wildman–Crippen LogP) is 5.24. The van der Waals surface area contributed by atoms with Crippen LogP contribution in [0.25, 0.3) is 0 Å². The first-order chi connectivity index (χ1) is 15.1. The standard InChI is InChI=1S/C21H15Cl2F3N2O3S/c22-13-7-9-14(10-8-13)32(30,31)28(11-15-16(23)3-1-4-17(15)24)12-20(29)27-21-18(25)5-2-6-19(21)26/h1-10H,11-12H2,(H,27,29). The average Bonchev–Trinajstić information content (AvgIpc) is 2.73. The van der Waals surface area contributed by atoms with Crippen LogP contribution in [0.1, 0.15) is 5.56 Å². The van der Waals surface area contributed by atoms with Crippen molar-refractivity contribution in [3.8, 4) is 0 Å². The minimum atomic E-state index is -4.36. The third-order valence-corrected chi connectivity index (χ3v) is 6.81. The summed E-state index contributed by atoms with van der Waals surface area (Å²) >= 11 is 11.8. The van der Waals surface area contributed by atoms with E-state index in [4.69, 9.17) is 23.2 Å². The fourth-order valence-electron chi connectivity index (χ4n) is 2.80. The van der Waals surface area contributed by atoms with Crippen LogP contribution in [0.5, 0.6) is 0 Å². The maximum absolute atomic E-state index is 14.3. The Hall–Kier alpha value is -2.59. The zero-order valence-electron chi connectivity index (χ0n) is 16.2. The van der Waals surface area contributed by atoms with Gasteiger partial charge in [0, 0.05) is 22.2 Å². The van der Waals surface area contributed by atoms with Gasteiger partial charge in [-0.1, -0.05) is 35.3 Å². The maximum Gasteiger partial charge on any atom is 0.243 e. The Balaban J connectivity index is 1.96. The molecule has 1 N–H and O–H groups in total. The van der Waals surface area contributed by atoms with Crippen molar-refractivity contribution >= 4 is 44.8 Å². The van der Waals surface area contributed by atoms with Crippen LogP contribution >= 0.6 is 23.2 Å². The van der Waals surface area contributed by atoms with Crippen LogP contribution in [0, 0.1) is 17.5 Å². The molecule has 0 aromatic heterocycles. The molecule has 0 saturated heterocycles. The van der Waals surface area contributed by atoms with Gasteiger partial charge in [-0.15, -0.1) is 0 Å². The summed E-state index contributed by atoms with van der Waals surface area (Å²) in [5.41, 5.74) is -0.901. The second-order valence-electron chi connectivity index (χ2n) is 6.57. The van der Waals surface area contributed by atoms with Crippen LogP contribution in [0.2, 0.25) is 10.0 Å². The Bertz CT molecular complexity index is 1220. The third kappa shape index (κ3) is 5.42. The monoisotopic (exact) mass is 502 g/mol. The molecule has 0 atom stereocenters. The van der Waals surface area contributed by atoms with Crippen LogP contribution in [-0.4, -0.2) is 25.2 Å². The highest BCUT2D eigenvalue weighted by atomic mass is 35.5. The Morgan fingerprint density at radius 1 is 0.875 bits per heavy atom. The number of para-hydroxylation sites is 1. The minimum absolute atomic E-state index is 0.0538. The van der Waals surface area contributed by atoms with Crippen LogP contribution in [0.3, 0.4) is 0 Å². The molecule has 3 aromatic rings. The first-order valence-corrected chi connectivity index (χ1v) is 11.2. The van der Waals surface area contributed by atoms with Crippen molar-refractivity contribution in [2.24, 2.45) is 0 Å². The quantitative estimate of drug-likeness (QED) is 0.480. The van der Waals surface area contributed by atoms with E-state index in [0.717, 1.165) is 24.3 Å². The topological polar surface area (TPSA) is 66.5 Å². The Kier molecular flexibility index (Phi) is 7.45. The number of nitrogens with one attached hydrogen (secondary N) is 1. The number of halogens is 5. The highest BCUT2D eigenvalue weighted by Gasteiger charge is 2.29. The molecule has 0 aliphatic carbocycles. The molecule has 5 nitrogen and oxygen atoms in total. The molecule has 0 bridgehead atoms. The first-order valence-electron chi connectivity index (χ1n) is 9.02. The lowest BCUT2D eigenvalue weighted by Gasteiger charge is -2.23. The van der Waals surface area contributed by atoms with Crippen LogP contribution < -0.4 is 5.32 Å². The van der Waals surface area contributed by atoms with E-state index in [-0.39, 0.29) is 20.5 Å². The minimum Gasteiger partial charge on any atom is -0.320 e. The molecule has 0 radical (unpaired) electrons. The molecule has 3 rings (SSSR count). The van der Waals surface area contributed by atoms with Crippen molar-refractivity contribution in [2.75, 3.05) is 11.9 Å². The van der Waals surface area contributed by atoms with Crippen LogP contribution in [-0.2, 0) is 21.4 Å². The number of carbonyl (C=O) groups is 1. The molecular formula is C21H15Cl2F3N2O3S. The number of hydrogen-bond acceptors (Lipinski definition) is 3. The normalized spacial score (nSPS) is 11.6. The number of carbonyl (C=O) groups excluding carboxylic acids is 1. The molecule has 0 unspecified atom stereocenters. The van der Waals surface area contributed by atoms with Gasteiger partial charge in [0.1, 0.15) is 23.1 Å². The molecular weight excluding hydrogens is 488 g/mol. The number of anilines is 1. The summed E-state index contributed by atoms with van der Waals surface area (Å²) in [7, 11) is -4.36. The zero-order valence-corrected chi connectivity index (χ0v) is 18.5. The van der Waals surface area contributed by atoms with E-state index in [1.807, 2.05) is 5.32 Å². The lowest BCUT2D eigenvalue weighted by molar-refractivity contribution is -0.116. The molecule has 0 spiro atoms. The first kappa shape index (κ1) is 24.1. The fourth-order valence-corrected chi connectivity index (χ4v) is 4.51. The molecule has 32 heavy (non-hydrogen) atoms. The summed E-state index contributed by atoms with van der Waals surface area (Å²) in [4.78, 5) is 12.3. The van der Waals surface area contributed by atoms with Gasteiger partial charge in [0.15, 0.2) is 0 Å². The van der Waals surface area contributed by atoms with Crippen molar-refractivity contribution in [3.05, 3.63) is 93.7 Å². The van der Waals surface area contributed by atoms with Gasteiger partial charge in [-0.2, -0.15) is 4.31 Å². The van der Waals surface area contributed by atoms with Crippen molar-refractivity contribution in [2.45, 2.75) is 11.4 Å². The van der Waals surface area contributed by atoms with E-state index in [9.17, 15) is 26.4 Å². The highest BCUT2D eigenvalue weighted by Crippen LogP contribution is 2.26. The van der Waals surface area contributed by atoms with Gasteiger partial charge in [-0.3, -0.25) is 4.79 Å². The van der Waals surface area contributed by atoms with Crippen molar-refractivity contribution in [1.29, 1.82) is 0 Å². The Morgan fingerprint density at radius 2 is 1.44 bits per heavy atom. The Labute approximate surface area is 192 Å². The molecule has 0 saturated carbocycles.